The summed E-state index contributed by atoms with van der Waals surface area (Å²) in [6.07, 6.45) is 3.50. The summed E-state index contributed by atoms with van der Waals surface area (Å²) >= 11 is 0. The molecule has 0 saturated carbocycles. The van der Waals surface area contributed by atoms with Crippen molar-refractivity contribution in [2.24, 2.45) is 0 Å². The molecule has 0 bridgehead atoms. The molecule has 27 heavy (non-hydrogen) atoms. The van der Waals surface area contributed by atoms with Crippen LogP contribution in [-0.2, 0) is 6.61 Å². The van der Waals surface area contributed by atoms with Crippen LogP contribution in [0.25, 0.3) is 10.8 Å². The molecule has 4 nitrogen and oxygen atoms in total. The predicted molar refractivity (Wildman–Crippen MR) is 107 cm³/mol. The standard InChI is InChI=1S/C23H18N2O2/c26-23(25-22-11-5-9-19-15-24-13-12-21(19)22)18-8-4-10-20(14-18)27-16-17-6-2-1-3-7-17/h1-15H,16H2,(H,25,26). The number of hydrogen-bond acceptors (Lipinski definition) is 3. The molecule has 0 saturated heterocycles. The second-order valence-electron chi connectivity index (χ2n) is 6.16. The summed E-state index contributed by atoms with van der Waals surface area (Å²) in [5.74, 6) is 0.484. The van der Waals surface area contributed by atoms with E-state index in [9.17, 15) is 4.79 Å². The average molecular weight is 354 g/mol. The van der Waals surface area contributed by atoms with Gasteiger partial charge in [0.25, 0.3) is 5.91 Å². The molecule has 0 radical (unpaired) electrons. The first-order valence-corrected chi connectivity index (χ1v) is 8.70. The fraction of sp³-hybridized carbons (Fsp3) is 0.0435. The topological polar surface area (TPSA) is 51.2 Å². The van der Waals surface area contributed by atoms with Gasteiger partial charge in [0.2, 0.25) is 0 Å². The number of anilines is 1. The van der Waals surface area contributed by atoms with Gasteiger partial charge in [-0.1, -0.05) is 48.5 Å². The van der Waals surface area contributed by atoms with E-state index in [4.69, 9.17) is 4.74 Å². The molecule has 4 heteroatoms. The third-order valence-corrected chi connectivity index (χ3v) is 4.27. The van der Waals surface area contributed by atoms with Gasteiger partial charge in [0, 0.05) is 34.4 Å². The lowest BCUT2D eigenvalue weighted by Gasteiger charge is -2.10. The lowest BCUT2D eigenvalue weighted by Crippen LogP contribution is -2.12. The number of nitrogens with zero attached hydrogens (tertiary/aromatic N) is 1. The van der Waals surface area contributed by atoms with E-state index in [1.807, 2.05) is 66.7 Å². The molecule has 0 aliphatic heterocycles. The summed E-state index contributed by atoms with van der Waals surface area (Å²) in [5.41, 5.74) is 2.39. The smallest absolute Gasteiger partial charge is 0.255 e. The molecule has 0 atom stereocenters. The Morgan fingerprint density at radius 3 is 2.67 bits per heavy atom. The van der Waals surface area contributed by atoms with E-state index in [2.05, 4.69) is 10.3 Å². The van der Waals surface area contributed by atoms with Gasteiger partial charge >= 0.3 is 0 Å². The molecule has 1 N–H and O–H groups in total. The first kappa shape index (κ1) is 16.8. The Balaban J connectivity index is 1.50. The minimum atomic E-state index is -0.176. The Hall–Kier alpha value is -3.66. The molecule has 0 fully saturated rings. The number of fused-ring (bicyclic) bond motifs is 1. The van der Waals surface area contributed by atoms with Crippen molar-refractivity contribution in [3.63, 3.8) is 0 Å². The second-order valence-corrected chi connectivity index (χ2v) is 6.16. The maximum atomic E-state index is 12.7. The van der Waals surface area contributed by atoms with Gasteiger partial charge in [-0.25, -0.2) is 0 Å². The Kier molecular flexibility index (Phi) is 4.79. The van der Waals surface area contributed by atoms with E-state index < -0.39 is 0 Å². The molecule has 0 spiro atoms. The number of aromatic nitrogens is 1. The fourth-order valence-electron chi connectivity index (χ4n) is 2.89. The summed E-state index contributed by atoms with van der Waals surface area (Å²) in [5, 5.41) is 4.92. The summed E-state index contributed by atoms with van der Waals surface area (Å²) in [4.78, 5) is 16.8. The molecule has 1 aromatic heterocycles. The van der Waals surface area contributed by atoms with Crippen molar-refractivity contribution in [2.45, 2.75) is 6.61 Å². The number of hydrogen-bond donors (Lipinski definition) is 1. The number of carbonyl (C=O) groups excluding carboxylic acids is 1. The molecule has 4 rings (SSSR count). The van der Waals surface area contributed by atoms with E-state index in [-0.39, 0.29) is 5.91 Å². The van der Waals surface area contributed by atoms with Crippen LogP contribution in [0.1, 0.15) is 15.9 Å². The van der Waals surface area contributed by atoms with Gasteiger partial charge in [0.05, 0.1) is 0 Å². The van der Waals surface area contributed by atoms with Crippen molar-refractivity contribution in [1.29, 1.82) is 0 Å². The van der Waals surface area contributed by atoms with Crippen LogP contribution in [0.4, 0.5) is 5.69 Å². The molecule has 3 aromatic carbocycles. The van der Waals surface area contributed by atoms with Crippen LogP contribution in [0, 0.1) is 0 Å². The fourth-order valence-corrected chi connectivity index (χ4v) is 2.89. The minimum absolute atomic E-state index is 0.176. The van der Waals surface area contributed by atoms with Gasteiger partial charge in [-0.15, -0.1) is 0 Å². The molecule has 0 aliphatic rings. The minimum Gasteiger partial charge on any atom is -0.489 e. The molecular weight excluding hydrogens is 336 g/mol. The lowest BCUT2D eigenvalue weighted by molar-refractivity contribution is 0.102. The third kappa shape index (κ3) is 3.96. The van der Waals surface area contributed by atoms with Crippen LogP contribution in [-0.4, -0.2) is 10.9 Å². The highest BCUT2D eigenvalue weighted by atomic mass is 16.5. The van der Waals surface area contributed by atoms with Gasteiger partial charge in [0.1, 0.15) is 12.4 Å². The van der Waals surface area contributed by atoms with E-state index in [0.29, 0.717) is 17.9 Å². The number of carbonyl (C=O) groups is 1. The van der Waals surface area contributed by atoms with Crippen molar-refractivity contribution in [3.05, 3.63) is 102 Å². The van der Waals surface area contributed by atoms with Gasteiger partial charge in [-0.3, -0.25) is 9.78 Å². The van der Waals surface area contributed by atoms with Crippen LogP contribution in [0.2, 0.25) is 0 Å². The number of ether oxygens (including phenoxy) is 1. The highest BCUT2D eigenvalue weighted by Crippen LogP contribution is 2.23. The number of benzene rings is 3. The maximum absolute atomic E-state index is 12.7. The first-order valence-electron chi connectivity index (χ1n) is 8.70. The van der Waals surface area contributed by atoms with E-state index >= 15 is 0 Å². The van der Waals surface area contributed by atoms with Crippen molar-refractivity contribution in [3.8, 4) is 5.75 Å². The van der Waals surface area contributed by atoms with Crippen LogP contribution in [0.5, 0.6) is 5.75 Å². The van der Waals surface area contributed by atoms with Crippen molar-refractivity contribution in [2.75, 3.05) is 5.32 Å². The van der Waals surface area contributed by atoms with Gasteiger partial charge in [-0.05, 0) is 35.9 Å². The first-order chi connectivity index (χ1) is 13.3. The number of rotatable bonds is 5. The predicted octanol–water partition coefficient (Wildman–Crippen LogP) is 5.07. The SMILES string of the molecule is O=C(Nc1cccc2cnccc12)c1cccc(OCc2ccccc2)c1. The van der Waals surface area contributed by atoms with E-state index in [1.165, 1.54) is 0 Å². The van der Waals surface area contributed by atoms with Crippen molar-refractivity contribution in [1.82, 2.24) is 4.98 Å². The Labute approximate surface area is 157 Å². The highest BCUT2D eigenvalue weighted by molar-refractivity contribution is 6.09. The molecule has 0 unspecified atom stereocenters. The van der Waals surface area contributed by atoms with Crippen molar-refractivity contribution >= 4 is 22.4 Å². The van der Waals surface area contributed by atoms with Gasteiger partial charge in [0.15, 0.2) is 0 Å². The maximum Gasteiger partial charge on any atom is 0.255 e. The zero-order valence-electron chi connectivity index (χ0n) is 14.6. The van der Waals surface area contributed by atoms with Gasteiger partial charge in [-0.2, -0.15) is 0 Å². The van der Waals surface area contributed by atoms with Crippen LogP contribution < -0.4 is 10.1 Å². The molecule has 132 valence electrons. The number of pyridine rings is 1. The van der Waals surface area contributed by atoms with Crippen LogP contribution in [0.3, 0.4) is 0 Å². The Morgan fingerprint density at radius 2 is 1.78 bits per heavy atom. The summed E-state index contributed by atoms with van der Waals surface area (Å²) in [7, 11) is 0. The van der Waals surface area contributed by atoms with Crippen molar-refractivity contribution < 1.29 is 9.53 Å². The van der Waals surface area contributed by atoms with Crippen LogP contribution in [0.15, 0.2) is 91.3 Å². The Morgan fingerprint density at radius 1 is 0.926 bits per heavy atom. The normalized spacial score (nSPS) is 10.5. The van der Waals surface area contributed by atoms with E-state index in [0.717, 1.165) is 22.0 Å². The lowest BCUT2D eigenvalue weighted by atomic mass is 10.1. The second kappa shape index (κ2) is 7.70. The Bertz CT molecular complexity index is 1070. The third-order valence-electron chi connectivity index (χ3n) is 4.27. The number of amides is 1. The quantitative estimate of drug-likeness (QED) is 0.545. The molecular formula is C23H18N2O2. The largest absolute Gasteiger partial charge is 0.489 e. The monoisotopic (exact) mass is 354 g/mol. The molecule has 4 aromatic rings. The average Bonchev–Trinajstić information content (AvgIpc) is 2.73. The van der Waals surface area contributed by atoms with E-state index in [1.54, 1.807) is 24.5 Å². The summed E-state index contributed by atoms with van der Waals surface area (Å²) < 4.78 is 5.82. The zero-order chi connectivity index (χ0) is 18.5. The van der Waals surface area contributed by atoms with Crippen LogP contribution >= 0.6 is 0 Å². The van der Waals surface area contributed by atoms with Gasteiger partial charge < -0.3 is 10.1 Å². The molecule has 1 heterocycles. The molecule has 0 aliphatic carbocycles. The summed E-state index contributed by atoms with van der Waals surface area (Å²) in [6.45, 7) is 0.461. The summed E-state index contributed by atoms with van der Waals surface area (Å²) in [6, 6.07) is 24.8. The molecule has 1 amide bonds. The highest BCUT2D eigenvalue weighted by Gasteiger charge is 2.09. The zero-order valence-corrected chi connectivity index (χ0v) is 14.6. The number of nitrogens with one attached hydrogen (secondary N) is 1.